The van der Waals surface area contributed by atoms with E-state index in [-0.39, 0.29) is 115 Å². The van der Waals surface area contributed by atoms with Crippen molar-refractivity contribution in [1.82, 2.24) is 110 Å². The van der Waals surface area contributed by atoms with Crippen LogP contribution in [-0.4, -0.2) is 253 Å². The summed E-state index contributed by atoms with van der Waals surface area (Å²) in [6.07, 6.45) is 34.3. The maximum absolute atomic E-state index is 12.9. The van der Waals surface area contributed by atoms with Crippen LogP contribution in [0.4, 0.5) is 39.4 Å². The van der Waals surface area contributed by atoms with Crippen LogP contribution in [0, 0.1) is 65.6 Å². The molecular formula is C109H151N23O13. The van der Waals surface area contributed by atoms with Gasteiger partial charge >= 0.3 is 42.3 Å². The number of oxazole rings is 1. The van der Waals surface area contributed by atoms with Crippen molar-refractivity contribution >= 4 is 65.9 Å². The average molecular weight is 2000 g/mol. The maximum atomic E-state index is 12.9. The Labute approximate surface area is 869 Å². The van der Waals surface area contributed by atoms with Crippen molar-refractivity contribution in [2.75, 3.05) is 104 Å². The number of carbonyl (C=O) groups is 10. The molecule has 0 bridgehead atoms. The van der Waals surface area contributed by atoms with Crippen LogP contribution in [0.1, 0.15) is 277 Å². The van der Waals surface area contributed by atoms with Gasteiger partial charge in [-0.2, -0.15) is 0 Å². The topological polar surface area (TPSA) is 411 Å². The predicted octanol–water partition coefficient (Wildman–Crippen LogP) is 14.8. The first-order valence-electron chi connectivity index (χ1n) is 57.7. The number of hydrogen-bond donors (Lipinski definition) is 6. The standard InChI is InChI=1S/C23H29N5O2.C22H27N5O3.C22H30N4O3.C21H35N5O3.C21H30N4O2/c1-2-27(22(29)10-17-4-3-7-24-12-17)9-6-18-11-20(18)14-26-23(30)28-15-19-5-8-25-13-21(19)16-28;1-14-19(30-15(2)25-14)20(28)26-7-4-22(5-8-26)9-18(22)11-24-21(29)27-12-16-3-6-23-10-17(16)13-27;1-21(4-2-5-21)29-20(28)25-9-6-22(7-10-25)11-18(22)13-24-19(27)26-14-16-3-8-23-12-17(16)15-26;1-5-25(20(28)29-21(2,3)4)11-9-7-6-8-10-23-19(27)26-14-16-12-18(22)24-13-17(16)15-26;1-15(2)9-19(26)24-7-4-21(5-8-24)10-18(21)12-23-20(27)25-13-16-3-6-22-11-17(16)14-25/h3-5,7-8,12-13,18,20H,2,6,9-11,14-16H2,1H3,(H,26,30);3,6,10,18H,4-5,7-9,11-13H2,1-2H3,(H,24,29);3,8,12,18H,2,4-7,9-11,13-15H2,1H3,(H,24,27);12-13H,5-11,14-15H2,1-4H3,(H2,22,24)(H,23,27);3,6,11,15,18H,4-5,7-10,12-14H2,1-2H3,(H,23,27)/i;12D2,13D2;14D2,15D2;;13D2,14D2. The summed E-state index contributed by atoms with van der Waals surface area (Å²) in [5.74, 6) is 3.66. The summed E-state index contributed by atoms with van der Waals surface area (Å²) in [6.45, 7) is 17.2. The van der Waals surface area contributed by atoms with Gasteiger partial charge in [-0.15, -0.1) is 0 Å². The smallest absolute Gasteiger partial charge is 0.410 e. The quantitative estimate of drug-likeness (QED) is 0.0274. The van der Waals surface area contributed by atoms with Crippen LogP contribution in [0.2, 0.25) is 0 Å². The second-order valence-electron chi connectivity index (χ2n) is 42.5. The zero-order valence-corrected chi connectivity index (χ0v) is 85.4. The summed E-state index contributed by atoms with van der Waals surface area (Å²) in [4.78, 5) is 168. The molecule has 15 heterocycles. The zero-order chi connectivity index (χ0) is 113. The molecule has 5 saturated carbocycles. The van der Waals surface area contributed by atoms with Crippen molar-refractivity contribution in [3.63, 3.8) is 0 Å². The molecule has 36 nitrogen and oxygen atoms in total. The normalized spacial score (nSPS) is 23.8. The third-order valence-electron chi connectivity index (χ3n) is 30.6. The first kappa shape index (κ1) is 89.8. The first-order valence-corrected chi connectivity index (χ1v) is 51.7. The lowest BCUT2D eigenvalue weighted by Crippen LogP contribution is -2.46. The van der Waals surface area contributed by atoms with Gasteiger partial charge in [0.25, 0.3) is 5.91 Å². The number of anilines is 1. The molecule has 15 amide bonds. The summed E-state index contributed by atoms with van der Waals surface area (Å²) >= 11 is 0. The Balaban J connectivity index is 0.000000139. The van der Waals surface area contributed by atoms with Crippen LogP contribution < -0.4 is 32.3 Å². The molecule has 3 saturated heterocycles. The number of unbranched alkanes of at least 4 members (excludes halogenated alkanes) is 3. The highest BCUT2D eigenvalue weighted by Crippen LogP contribution is 2.61. The summed E-state index contributed by atoms with van der Waals surface area (Å²) in [5.41, 5.74) is 11.7. The number of amides is 15. The number of aromatic nitrogens is 7. The number of nitrogens with two attached hydrogens (primary N) is 1. The third-order valence-corrected chi connectivity index (χ3v) is 30.6. The molecule has 13 aliphatic rings. The Morgan fingerprint density at radius 3 is 1.45 bits per heavy atom. The number of likely N-dealkylation sites (tertiary alicyclic amines) is 3. The summed E-state index contributed by atoms with van der Waals surface area (Å²) in [5, 5.41) is 14.4. The molecule has 8 aliphatic heterocycles. The predicted molar refractivity (Wildman–Crippen MR) is 545 cm³/mol. The minimum absolute atomic E-state index is 0.00122. The van der Waals surface area contributed by atoms with Gasteiger partial charge in [-0.05, 0) is 301 Å². The van der Waals surface area contributed by atoms with E-state index in [9.17, 15) is 47.9 Å². The van der Waals surface area contributed by atoms with Crippen LogP contribution in [0.25, 0.3) is 0 Å². The van der Waals surface area contributed by atoms with E-state index < -0.39 is 62.7 Å². The van der Waals surface area contributed by atoms with Gasteiger partial charge in [0.15, 0.2) is 5.89 Å². The molecule has 0 radical (unpaired) electrons. The highest BCUT2D eigenvalue weighted by molar-refractivity contribution is 5.92. The van der Waals surface area contributed by atoms with Gasteiger partial charge in [0.2, 0.25) is 17.6 Å². The van der Waals surface area contributed by atoms with Crippen molar-refractivity contribution in [2.24, 2.45) is 51.8 Å². The van der Waals surface area contributed by atoms with Crippen LogP contribution in [0.5, 0.6) is 0 Å². The molecular weight excluding hydrogens is 1840 g/mol. The van der Waals surface area contributed by atoms with Gasteiger partial charge in [0.05, 0.1) is 28.6 Å². The second kappa shape index (κ2) is 46.7. The van der Waals surface area contributed by atoms with Gasteiger partial charge < -0.3 is 95.2 Å². The van der Waals surface area contributed by atoms with Crippen molar-refractivity contribution < 1.29 is 78.3 Å². The minimum atomic E-state index is -2.30. The van der Waals surface area contributed by atoms with E-state index in [1.807, 2.05) is 101 Å². The van der Waals surface area contributed by atoms with Crippen molar-refractivity contribution in [3.8, 4) is 0 Å². The summed E-state index contributed by atoms with van der Waals surface area (Å²) in [6, 6.07) is 9.51. The molecule has 8 fully saturated rings. The number of likely N-dealkylation sites (N-methyl/N-ethyl adjacent to an activating group) is 1. The zero-order valence-electron chi connectivity index (χ0n) is 97.4. The van der Waals surface area contributed by atoms with Gasteiger partial charge in [-0.1, -0.05) is 32.8 Å². The fourth-order valence-electron chi connectivity index (χ4n) is 21.0. The molecule has 36 heteroatoms. The van der Waals surface area contributed by atoms with Crippen LogP contribution >= 0.6 is 0 Å². The number of urea groups is 5. The molecule has 7 aromatic heterocycles. The monoisotopic (exact) mass is 2000 g/mol. The number of piperidine rings is 3. The van der Waals surface area contributed by atoms with E-state index in [1.54, 1.807) is 58.2 Å². The molecule has 5 aliphatic carbocycles. The number of fused-ring (bicyclic) bond motifs is 5. The Kier molecular flexibility index (Phi) is 28.9. The number of nitrogens with zero attached hydrogens (tertiary/aromatic N) is 17. The van der Waals surface area contributed by atoms with Crippen LogP contribution in [0.3, 0.4) is 0 Å². The van der Waals surface area contributed by atoms with Gasteiger partial charge in [0, 0.05) is 245 Å². The van der Waals surface area contributed by atoms with Crippen molar-refractivity contribution in [2.45, 2.75) is 274 Å². The van der Waals surface area contributed by atoms with E-state index in [2.05, 4.69) is 61.5 Å². The lowest BCUT2D eigenvalue weighted by Gasteiger charge is -2.40. The van der Waals surface area contributed by atoms with Gasteiger partial charge in [-0.25, -0.2) is 43.5 Å². The van der Waals surface area contributed by atoms with E-state index in [4.69, 9.17) is 36.1 Å². The van der Waals surface area contributed by atoms with Crippen LogP contribution in [0.15, 0.2) is 115 Å². The average Bonchev–Trinajstić information content (AvgIpc) is 1.56. The van der Waals surface area contributed by atoms with Crippen molar-refractivity contribution in [1.29, 1.82) is 0 Å². The highest BCUT2D eigenvalue weighted by Gasteiger charge is 2.58. The molecule has 5 atom stereocenters. The molecule has 0 aromatic carbocycles. The Morgan fingerprint density at radius 1 is 0.510 bits per heavy atom. The number of pyridine rings is 6. The molecule has 5 unspecified atom stereocenters. The third kappa shape index (κ3) is 27.5. The maximum Gasteiger partial charge on any atom is 0.410 e. The van der Waals surface area contributed by atoms with E-state index >= 15 is 0 Å². The lowest BCUT2D eigenvalue weighted by atomic mass is 9.82. The van der Waals surface area contributed by atoms with Gasteiger partial charge in [-0.3, -0.25) is 39.3 Å². The molecule has 20 rings (SSSR count). The molecule has 7 N–H and O–H groups in total. The Morgan fingerprint density at radius 2 is 0.972 bits per heavy atom. The number of rotatable bonds is 26. The van der Waals surface area contributed by atoms with Crippen LogP contribution in [-0.2, 0) is 90.6 Å². The summed E-state index contributed by atoms with van der Waals surface area (Å²) in [7, 11) is 0. The highest BCUT2D eigenvalue weighted by atomic mass is 16.6. The molecule has 145 heavy (non-hydrogen) atoms. The summed E-state index contributed by atoms with van der Waals surface area (Å²) < 4.78 is 117. The van der Waals surface area contributed by atoms with E-state index in [0.29, 0.717) is 167 Å². The van der Waals surface area contributed by atoms with Gasteiger partial charge in [0.1, 0.15) is 17.0 Å². The largest absolute Gasteiger partial charge is 0.444 e. The fourth-order valence-corrected chi connectivity index (χ4v) is 21.0. The number of ether oxygens (including phenoxy) is 2. The van der Waals surface area contributed by atoms with Crippen molar-refractivity contribution in [3.05, 3.63) is 189 Å². The van der Waals surface area contributed by atoms with E-state index in [1.165, 1.54) is 60.9 Å². The van der Waals surface area contributed by atoms with E-state index in [0.717, 1.165) is 164 Å². The minimum Gasteiger partial charge on any atom is -0.444 e. The number of aryl methyl sites for hydroxylation is 2. The number of hydrogen-bond acceptors (Lipinski definition) is 21. The number of nitrogen functional groups attached to an aromatic ring is 1. The SMILES string of the molecule is CCN(CCC1CC1CNC(=O)N1Cc2ccncc2C1)C(=O)Cc1cccnc1.CCN(CCCCCCNC(=O)N1Cc2cnc(N)cc2C1)C(=O)OC(C)(C)C.[2H]C1([2H])c2ccncc2C([2H])([2H])N1C(=O)NCC1CC12CCN(C(=O)CC(C)C)CC2.[2H]C1([2H])c2ccncc2C([2H])([2H])N1C(=O)NCC1CC12CCN(C(=O)OC1(C)CCC1)CC2.[2H]C1([2H])c2ccncc2C([2H])([2H])N1C(=O)NCC1CC12CCN(C(=O)c1oc(C)nc1C)CC2. The second-order valence-corrected chi connectivity index (χ2v) is 42.5. The Hall–Kier alpha value is -12.8. The molecule has 780 valence electrons. The Bertz CT molecular complexity index is 6210. The fraction of sp³-hybridized carbons (Fsp3) is 0.606. The lowest BCUT2D eigenvalue weighted by molar-refractivity contribution is -0.133. The number of nitrogens with one attached hydrogen (secondary N) is 5. The molecule has 7 aromatic rings. The number of carbonyl (C=O) groups excluding carboxylic acids is 10. The molecule has 3 spiro atoms. The first-order chi connectivity index (χ1) is 74.3.